The molecule has 2 N–H and O–H groups in total. The van der Waals surface area contributed by atoms with E-state index in [2.05, 4.69) is 62.3 Å². The first-order valence-corrected chi connectivity index (χ1v) is 9.57. The zero-order chi connectivity index (χ0) is 13.1. The third-order valence-corrected chi connectivity index (χ3v) is 4.85. The van der Waals surface area contributed by atoms with Gasteiger partial charge in [0.2, 0.25) is 0 Å². The SMILES string of the molecule is CN/C(C)=C\Nc1ccc(C)cc1[Si](C)(C)C. The van der Waals surface area contributed by atoms with E-state index in [1.165, 1.54) is 16.4 Å². The van der Waals surface area contributed by atoms with Crippen molar-refractivity contribution in [1.82, 2.24) is 5.32 Å². The summed E-state index contributed by atoms with van der Waals surface area (Å²) in [4.78, 5) is 0. The van der Waals surface area contributed by atoms with Gasteiger partial charge in [-0.25, -0.2) is 0 Å². The maximum Gasteiger partial charge on any atom is 0.0803 e. The van der Waals surface area contributed by atoms with Crippen LogP contribution in [0.4, 0.5) is 5.69 Å². The number of anilines is 1. The highest BCUT2D eigenvalue weighted by Gasteiger charge is 2.19. The Kier molecular flexibility index (Phi) is 4.40. The Balaban J connectivity index is 3.07. The normalized spacial score (nSPS) is 12.5. The van der Waals surface area contributed by atoms with E-state index in [0.29, 0.717) is 0 Å². The summed E-state index contributed by atoms with van der Waals surface area (Å²) in [5.41, 5.74) is 3.71. The van der Waals surface area contributed by atoms with E-state index >= 15 is 0 Å². The van der Waals surface area contributed by atoms with Crippen LogP contribution in [0, 0.1) is 6.92 Å². The highest BCUT2D eigenvalue weighted by atomic mass is 28.3. The van der Waals surface area contributed by atoms with Gasteiger partial charge in [0, 0.05) is 24.6 Å². The van der Waals surface area contributed by atoms with E-state index < -0.39 is 8.07 Å². The molecule has 1 aromatic rings. The van der Waals surface area contributed by atoms with Crippen molar-refractivity contribution in [2.45, 2.75) is 33.5 Å². The highest BCUT2D eigenvalue weighted by Crippen LogP contribution is 2.14. The number of rotatable bonds is 4. The molecule has 0 radical (unpaired) electrons. The van der Waals surface area contributed by atoms with E-state index in [-0.39, 0.29) is 0 Å². The highest BCUT2D eigenvalue weighted by molar-refractivity contribution is 6.89. The lowest BCUT2D eigenvalue weighted by molar-refractivity contribution is 0.986. The van der Waals surface area contributed by atoms with Gasteiger partial charge in [-0.05, 0) is 25.1 Å². The van der Waals surface area contributed by atoms with Gasteiger partial charge in [-0.3, -0.25) is 0 Å². The van der Waals surface area contributed by atoms with E-state index in [1.807, 2.05) is 13.2 Å². The van der Waals surface area contributed by atoms with Crippen LogP contribution >= 0.6 is 0 Å². The topological polar surface area (TPSA) is 24.1 Å². The number of allylic oxidation sites excluding steroid dienone is 1. The molecule has 0 saturated carbocycles. The summed E-state index contributed by atoms with van der Waals surface area (Å²) < 4.78 is 0. The van der Waals surface area contributed by atoms with Crippen molar-refractivity contribution in [3.8, 4) is 0 Å². The number of hydrogen-bond donors (Lipinski definition) is 2. The Morgan fingerprint density at radius 3 is 2.41 bits per heavy atom. The molecule has 0 aromatic heterocycles. The first-order chi connectivity index (χ1) is 7.84. The van der Waals surface area contributed by atoms with Crippen molar-refractivity contribution < 1.29 is 0 Å². The smallest absolute Gasteiger partial charge is 0.0803 e. The fraction of sp³-hybridized carbons (Fsp3) is 0.429. The zero-order valence-corrected chi connectivity index (χ0v) is 12.8. The molecule has 0 fully saturated rings. The van der Waals surface area contributed by atoms with E-state index in [9.17, 15) is 0 Å². The van der Waals surface area contributed by atoms with E-state index in [4.69, 9.17) is 0 Å². The molecule has 0 atom stereocenters. The molecule has 0 heterocycles. The van der Waals surface area contributed by atoms with Crippen LogP contribution in [0.2, 0.25) is 19.6 Å². The molecular formula is C14H24N2Si. The summed E-state index contributed by atoms with van der Waals surface area (Å²) in [5.74, 6) is 0. The van der Waals surface area contributed by atoms with Gasteiger partial charge in [0.05, 0.1) is 8.07 Å². The average Bonchev–Trinajstić information content (AvgIpc) is 2.25. The maximum atomic E-state index is 3.41. The standard InChI is InChI=1S/C14H24N2Si/c1-11-7-8-13(16-10-12(2)15-3)14(9-11)17(4,5)6/h7-10,15-16H,1-6H3/b12-10-. The lowest BCUT2D eigenvalue weighted by Crippen LogP contribution is -2.39. The summed E-state index contributed by atoms with van der Waals surface area (Å²) in [6.07, 6.45) is 2.02. The minimum Gasteiger partial charge on any atom is -0.390 e. The van der Waals surface area contributed by atoms with Gasteiger partial charge in [0.15, 0.2) is 0 Å². The van der Waals surface area contributed by atoms with E-state index in [1.54, 1.807) is 0 Å². The molecule has 0 spiro atoms. The molecule has 0 aliphatic carbocycles. The summed E-state index contributed by atoms with van der Waals surface area (Å²) in [5, 5.41) is 8.01. The number of hydrogen-bond acceptors (Lipinski definition) is 2. The number of benzene rings is 1. The summed E-state index contributed by atoms with van der Waals surface area (Å²) in [6.45, 7) is 11.3. The lowest BCUT2D eigenvalue weighted by atomic mass is 10.2. The summed E-state index contributed by atoms with van der Waals surface area (Å²) >= 11 is 0. The van der Waals surface area contributed by atoms with Gasteiger partial charge in [-0.15, -0.1) is 0 Å². The Bertz CT molecular complexity index is 417. The Labute approximate surface area is 106 Å². The zero-order valence-electron chi connectivity index (χ0n) is 11.8. The van der Waals surface area contributed by atoms with Crippen LogP contribution in [0.1, 0.15) is 12.5 Å². The second-order valence-electron chi connectivity index (χ2n) is 5.52. The van der Waals surface area contributed by atoms with Crippen LogP contribution in [-0.4, -0.2) is 15.1 Å². The predicted octanol–water partition coefficient (Wildman–Crippen LogP) is 3.03. The second kappa shape index (κ2) is 5.41. The second-order valence-corrected chi connectivity index (χ2v) is 10.6. The molecule has 1 rings (SSSR count). The van der Waals surface area contributed by atoms with Crippen molar-refractivity contribution in [3.05, 3.63) is 35.7 Å². The van der Waals surface area contributed by atoms with Crippen LogP contribution in [-0.2, 0) is 0 Å². The molecule has 0 aliphatic heterocycles. The van der Waals surface area contributed by atoms with Crippen molar-refractivity contribution in [3.63, 3.8) is 0 Å². The molecule has 17 heavy (non-hydrogen) atoms. The summed E-state index contributed by atoms with van der Waals surface area (Å²) in [6, 6.07) is 6.66. The molecular weight excluding hydrogens is 224 g/mol. The number of nitrogens with one attached hydrogen (secondary N) is 2. The molecule has 0 bridgehead atoms. The quantitative estimate of drug-likeness (QED) is 0.800. The fourth-order valence-electron chi connectivity index (χ4n) is 1.66. The monoisotopic (exact) mass is 248 g/mol. The minimum absolute atomic E-state index is 1.13. The molecule has 0 amide bonds. The first-order valence-electron chi connectivity index (χ1n) is 6.07. The van der Waals surface area contributed by atoms with Gasteiger partial charge >= 0.3 is 0 Å². The molecule has 0 unspecified atom stereocenters. The van der Waals surface area contributed by atoms with Crippen LogP contribution in [0.3, 0.4) is 0 Å². The van der Waals surface area contributed by atoms with Gasteiger partial charge < -0.3 is 10.6 Å². The molecule has 0 saturated heterocycles. The molecule has 94 valence electrons. The van der Waals surface area contributed by atoms with Crippen LogP contribution in [0.25, 0.3) is 0 Å². The van der Waals surface area contributed by atoms with Crippen molar-refractivity contribution in [2.75, 3.05) is 12.4 Å². The first kappa shape index (κ1) is 13.8. The van der Waals surface area contributed by atoms with Gasteiger partial charge in [0.25, 0.3) is 0 Å². The van der Waals surface area contributed by atoms with Crippen LogP contribution < -0.4 is 15.8 Å². The Hall–Kier alpha value is -1.22. The molecule has 3 heteroatoms. The predicted molar refractivity (Wildman–Crippen MR) is 80.6 cm³/mol. The van der Waals surface area contributed by atoms with Crippen LogP contribution in [0.5, 0.6) is 0 Å². The van der Waals surface area contributed by atoms with Gasteiger partial charge in [-0.1, -0.05) is 37.3 Å². The fourth-order valence-corrected chi connectivity index (χ4v) is 3.29. The van der Waals surface area contributed by atoms with Crippen LogP contribution in [0.15, 0.2) is 30.1 Å². The third kappa shape index (κ3) is 3.93. The Morgan fingerprint density at radius 2 is 1.88 bits per heavy atom. The van der Waals surface area contributed by atoms with Crippen molar-refractivity contribution in [1.29, 1.82) is 0 Å². The molecule has 1 aromatic carbocycles. The van der Waals surface area contributed by atoms with Gasteiger partial charge in [-0.2, -0.15) is 0 Å². The largest absolute Gasteiger partial charge is 0.390 e. The van der Waals surface area contributed by atoms with E-state index in [0.717, 1.165) is 5.70 Å². The number of aryl methyl sites for hydroxylation is 1. The average molecular weight is 248 g/mol. The summed E-state index contributed by atoms with van der Waals surface area (Å²) in [7, 11) is 0.629. The Morgan fingerprint density at radius 1 is 1.24 bits per heavy atom. The van der Waals surface area contributed by atoms with Crippen molar-refractivity contribution in [2.24, 2.45) is 0 Å². The van der Waals surface area contributed by atoms with Gasteiger partial charge in [0.1, 0.15) is 0 Å². The van der Waals surface area contributed by atoms with Crippen molar-refractivity contribution >= 4 is 18.9 Å². The minimum atomic E-state index is -1.30. The third-order valence-electron chi connectivity index (χ3n) is 2.82. The lowest BCUT2D eigenvalue weighted by Gasteiger charge is -2.21. The molecule has 0 aliphatic rings. The maximum absolute atomic E-state index is 3.41. The molecule has 2 nitrogen and oxygen atoms in total.